The van der Waals surface area contributed by atoms with Crippen LogP contribution in [0.1, 0.15) is 5.56 Å². The third kappa shape index (κ3) is 5.67. The van der Waals surface area contributed by atoms with Gasteiger partial charge < -0.3 is 14.6 Å². The van der Waals surface area contributed by atoms with Gasteiger partial charge >= 0.3 is 12.5 Å². The van der Waals surface area contributed by atoms with E-state index in [1.54, 1.807) is 19.1 Å². The molecule has 0 saturated carbocycles. The molecule has 0 amide bonds. The first-order chi connectivity index (χ1) is 14.4. The van der Waals surface area contributed by atoms with Crippen molar-refractivity contribution in [3.63, 3.8) is 0 Å². The second-order valence-electron chi connectivity index (χ2n) is 6.13. The second kappa shape index (κ2) is 8.47. The Morgan fingerprint density at radius 2 is 1.81 bits per heavy atom. The summed E-state index contributed by atoms with van der Waals surface area (Å²) in [6.07, 6.45) is -6.57. The predicted octanol–water partition coefficient (Wildman–Crippen LogP) is 5.48. The fourth-order valence-electron chi connectivity index (χ4n) is 2.65. The molecule has 3 aromatic rings. The number of rotatable bonds is 6. The van der Waals surface area contributed by atoms with E-state index >= 15 is 0 Å². The Hall–Kier alpha value is -3.25. The minimum atomic E-state index is -4.89. The first-order valence-corrected chi connectivity index (χ1v) is 10.7. The molecular formula is C19H14F3NO6S2. The molecule has 0 saturated heterocycles. The number of carbonyl (C=O) groups is 1. The van der Waals surface area contributed by atoms with Crippen molar-refractivity contribution in [1.29, 1.82) is 0 Å². The first kappa shape index (κ1) is 22.4. The molecule has 0 aliphatic rings. The van der Waals surface area contributed by atoms with Crippen molar-refractivity contribution >= 4 is 33.2 Å². The molecular weight excluding hydrogens is 459 g/mol. The summed E-state index contributed by atoms with van der Waals surface area (Å²) in [5.74, 6) is -0.485. The highest BCUT2D eigenvalue weighted by Gasteiger charge is 2.31. The molecule has 1 aromatic heterocycles. The number of carboxylic acid groups (broad SMARTS) is 1. The van der Waals surface area contributed by atoms with Crippen LogP contribution in [0.5, 0.6) is 10.8 Å². The Kier molecular flexibility index (Phi) is 6.13. The molecule has 2 N–H and O–H groups in total. The zero-order valence-corrected chi connectivity index (χ0v) is 17.3. The van der Waals surface area contributed by atoms with Crippen LogP contribution >= 0.6 is 11.3 Å². The van der Waals surface area contributed by atoms with Crippen molar-refractivity contribution < 1.29 is 41.0 Å². The third-order valence-corrected chi connectivity index (χ3v) is 6.45. The number of sulfonamides is 1. The van der Waals surface area contributed by atoms with Crippen molar-refractivity contribution in [3.05, 3.63) is 60.2 Å². The van der Waals surface area contributed by atoms with Crippen molar-refractivity contribution in [2.45, 2.75) is 18.2 Å². The number of aryl methyl sites for hydroxylation is 1. The molecule has 0 aliphatic carbocycles. The molecule has 12 heteroatoms. The smallest absolute Gasteiger partial charge is 0.449 e. The maximum Gasteiger partial charge on any atom is 0.573 e. The van der Waals surface area contributed by atoms with E-state index < -0.39 is 28.3 Å². The summed E-state index contributed by atoms with van der Waals surface area (Å²) in [5, 5.41) is 8.67. The Labute approximate surface area is 178 Å². The number of nitrogens with one attached hydrogen (secondary N) is 1. The van der Waals surface area contributed by atoms with E-state index in [-0.39, 0.29) is 26.1 Å². The number of hydrogen-bond acceptors (Lipinski definition) is 6. The van der Waals surface area contributed by atoms with Crippen molar-refractivity contribution in [1.82, 2.24) is 0 Å². The van der Waals surface area contributed by atoms with Gasteiger partial charge in [0.15, 0.2) is 0 Å². The molecule has 0 bridgehead atoms. The molecule has 0 atom stereocenters. The van der Waals surface area contributed by atoms with E-state index in [0.29, 0.717) is 5.56 Å². The molecule has 164 valence electrons. The fourth-order valence-corrected chi connectivity index (χ4v) is 4.97. The Morgan fingerprint density at radius 3 is 2.45 bits per heavy atom. The average Bonchev–Trinajstić information content (AvgIpc) is 3.02. The lowest BCUT2D eigenvalue weighted by atomic mass is 10.2. The van der Waals surface area contributed by atoms with Gasteiger partial charge in [0.2, 0.25) is 5.06 Å². The van der Waals surface area contributed by atoms with Gasteiger partial charge in [-0.1, -0.05) is 41.7 Å². The van der Waals surface area contributed by atoms with E-state index in [4.69, 9.17) is 5.11 Å². The van der Waals surface area contributed by atoms with Gasteiger partial charge in [0.25, 0.3) is 10.0 Å². The number of alkyl halides is 3. The zero-order chi connectivity index (χ0) is 22.8. The highest BCUT2D eigenvalue weighted by Crippen LogP contribution is 2.43. The van der Waals surface area contributed by atoms with Crippen LogP contribution in [0, 0.1) is 6.92 Å². The third-order valence-electron chi connectivity index (χ3n) is 3.86. The minimum Gasteiger partial charge on any atom is -0.449 e. The molecule has 1 heterocycles. The quantitative estimate of drug-likeness (QED) is 0.460. The summed E-state index contributed by atoms with van der Waals surface area (Å²) in [6, 6.07) is 12.4. The number of halogens is 3. The SMILES string of the molecule is Cc1ccccc1S(=O)(=O)Nc1cc(-c2cccc(OC(F)(F)F)c2)sc1OC(=O)O. The maximum atomic E-state index is 12.8. The lowest BCUT2D eigenvalue weighted by Gasteiger charge is -2.10. The van der Waals surface area contributed by atoms with Crippen LogP contribution in [0.4, 0.5) is 23.7 Å². The fraction of sp³-hybridized carbons (Fsp3) is 0.105. The van der Waals surface area contributed by atoms with E-state index in [9.17, 15) is 26.4 Å². The van der Waals surface area contributed by atoms with Crippen molar-refractivity contribution in [2.75, 3.05) is 4.72 Å². The summed E-state index contributed by atoms with van der Waals surface area (Å²) >= 11 is 0.741. The van der Waals surface area contributed by atoms with Crippen LogP contribution < -0.4 is 14.2 Å². The minimum absolute atomic E-state index is 0.0235. The Bertz CT molecular complexity index is 1220. The molecule has 0 aliphatic heterocycles. The van der Waals surface area contributed by atoms with Crippen molar-refractivity contribution in [2.24, 2.45) is 0 Å². The normalized spacial score (nSPS) is 11.7. The summed E-state index contributed by atoms with van der Waals surface area (Å²) in [7, 11) is -4.09. The molecule has 0 spiro atoms. The van der Waals surface area contributed by atoms with Crippen LogP contribution in [0.25, 0.3) is 10.4 Å². The monoisotopic (exact) mass is 473 g/mol. The summed E-state index contributed by atoms with van der Waals surface area (Å²) < 4.78 is 73.8. The lowest BCUT2D eigenvalue weighted by molar-refractivity contribution is -0.274. The van der Waals surface area contributed by atoms with Gasteiger partial charge in [-0.2, -0.15) is 0 Å². The first-order valence-electron chi connectivity index (χ1n) is 8.44. The van der Waals surface area contributed by atoms with Crippen LogP contribution in [0.3, 0.4) is 0 Å². The van der Waals surface area contributed by atoms with Gasteiger partial charge in [-0.15, -0.1) is 13.2 Å². The van der Waals surface area contributed by atoms with Gasteiger partial charge in [0, 0.05) is 4.88 Å². The van der Waals surface area contributed by atoms with Gasteiger partial charge in [-0.05, 0) is 42.3 Å². The van der Waals surface area contributed by atoms with Gasteiger partial charge in [0.1, 0.15) is 11.4 Å². The second-order valence-corrected chi connectivity index (χ2v) is 8.79. The number of hydrogen-bond donors (Lipinski definition) is 2. The lowest BCUT2D eigenvalue weighted by Crippen LogP contribution is -2.17. The molecule has 7 nitrogen and oxygen atoms in total. The number of ether oxygens (including phenoxy) is 2. The molecule has 31 heavy (non-hydrogen) atoms. The van der Waals surface area contributed by atoms with Crippen LogP contribution in [-0.2, 0) is 10.0 Å². The van der Waals surface area contributed by atoms with Crippen LogP contribution in [-0.4, -0.2) is 26.0 Å². The molecule has 0 unspecified atom stereocenters. The summed E-state index contributed by atoms with van der Waals surface area (Å²) in [5.41, 5.74) is 0.527. The molecule has 3 rings (SSSR count). The van der Waals surface area contributed by atoms with Crippen LogP contribution in [0.15, 0.2) is 59.5 Å². The standard InChI is InChI=1S/C19H14F3NO6S2/c1-11-5-2-3-8-16(11)31(26,27)23-14-10-15(30-17(14)28-18(24)25)12-6-4-7-13(9-12)29-19(20,21)22/h2-10,23H,1H3,(H,24,25). The summed E-state index contributed by atoms with van der Waals surface area (Å²) in [4.78, 5) is 11.3. The van der Waals surface area contributed by atoms with E-state index in [0.717, 1.165) is 23.5 Å². The van der Waals surface area contributed by atoms with E-state index in [2.05, 4.69) is 14.2 Å². The Morgan fingerprint density at radius 1 is 1.10 bits per heavy atom. The highest BCUT2D eigenvalue weighted by molar-refractivity contribution is 7.92. The molecule has 0 radical (unpaired) electrons. The molecule has 0 fully saturated rings. The summed E-state index contributed by atoms with van der Waals surface area (Å²) in [6.45, 7) is 1.59. The molecule has 2 aromatic carbocycles. The number of benzene rings is 2. The zero-order valence-electron chi connectivity index (χ0n) is 15.6. The highest BCUT2D eigenvalue weighted by atomic mass is 32.2. The topological polar surface area (TPSA) is 102 Å². The van der Waals surface area contributed by atoms with Gasteiger partial charge in [0.05, 0.1) is 4.90 Å². The van der Waals surface area contributed by atoms with E-state index in [1.165, 1.54) is 30.3 Å². The van der Waals surface area contributed by atoms with Gasteiger partial charge in [-0.25, -0.2) is 13.2 Å². The van der Waals surface area contributed by atoms with Gasteiger partial charge in [-0.3, -0.25) is 4.72 Å². The number of thiophene rings is 1. The Balaban J connectivity index is 2.00. The maximum absolute atomic E-state index is 12.8. The number of anilines is 1. The largest absolute Gasteiger partial charge is 0.573 e. The average molecular weight is 473 g/mol. The van der Waals surface area contributed by atoms with Crippen molar-refractivity contribution in [3.8, 4) is 21.3 Å². The van der Waals surface area contributed by atoms with E-state index in [1.807, 2.05) is 0 Å². The van der Waals surface area contributed by atoms with Crippen LogP contribution in [0.2, 0.25) is 0 Å². The predicted molar refractivity (Wildman–Crippen MR) is 107 cm³/mol.